The first kappa shape index (κ1) is 15.1. The Balaban J connectivity index is 3.02. The van der Waals surface area contributed by atoms with Gasteiger partial charge in [0.1, 0.15) is 0 Å². The highest BCUT2D eigenvalue weighted by molar-refractivity contribution is 14.1. The smallest absolute Gasteiger partial charge is 0.317 e. The molecule has 0 unspecified atom stereocenters. The Morgan fingerprint density at radius 1 is 1.39 bits per heavy atom. The van der Waals surface area contributed by atoms with Gasteiger partial charge in [-0.2, -0.15) is 0 Å². The van der Waals surface area contributed by atoms with Crippen LogP contribution in [0.2, 0.25) is 0 Å². The molecule has 0 spiro atoms. The average Bonchev–Trinajstić information content (AvgIpc) is 2.31. The van der Waals surface area contributed by atoms with Crippen LogP contribution in [0.5, 0.6) is 17.2 Å². The molecule has 0 saturated carbocycles. The molecule has 1 aromatic carbocycles. The molecule has 18 heavy (non-hydrogen) atoms. The molecule has 0 atom stereocenters. The summed E-state index contributed by atoms with van der Waals surface area (Å²) in [6.45, 7) is 7.51. The average molecular weight is 364 g/mol. The molecule has 0 aliphatic carbocycles. The van der Waals surface area contributed by atoms with Crippen LogP contribution in [0.25, 0.3) is 0 Å². The lowest BCUT2D eigenvalue weighted by Crippen LogP contribution is -2.33. The van der Waals surface area contributed by atoms with E-state index in [-0.39, 0.29) is 17.4 Å². The van der Waals surface area contributed by atoms with Crippen LogP contribution in [-0.2, 0) is 4.79 Å². The maximum atomic E-state index is 12.1. The summed E-state index contributed by atoms with van der Waals surface area (Å²) in [5, 5.41) is 9.72. The molecule has 1 N–H and O–H groups in total. The van der Waals surface area contributed by atoms with Crippen molar-refractivity contribution in [1.82, 2.24) is 0 Å². The zero-order chi connectivity index (χ0) is 13.9. The van der Waals surface area contributed by atoms with Crippen LogP contribution in [-0.4, -0.2) is 11.1 Å². The third-order valence-corrected chi connectivity index (χ3v) is 3.68. The molecule has 100 valence electrons. The van der Waals surface area contributed by atoms with E-state index in [1.165, 1.54) is 6.07 Å². The highest BCUT2D eigenvalue weighted by Gasteiger charge is 2.34. The number of para-hydroxylation sites is 1. The van der Waals surface area contributed by atoms with E-state index in [0.29, 0.717) is 5.75 Å². The van der Waals surface area contributed by atoms with Crippen molar-refractivity contribution in [1.29, 1.82) is 0 Å². The molecule has 0 saturated heterocycles. The van der Waals surface area contributed by atoms with Gasteiger partial charge in [0.15, 0.2) is 34.5 Å². The number of phenols is 1. The van der Waals surface area contributed by atoms with Gasteiger partial charge in [-0.25, -0.2) is 0 Å². The molecule has 0 amide bonds. The number of hydrogen-bond donors (Lipinski definition) is 1. The van der Waals surface area contributed by atoms with E-state index in [4.69, 9.17) is 7.80 Å². The van der Waals surface area contributed by atoms with E-state index in [1.54, 1.807) is 35.1 Å². The van der Waals surface area contributed by atoms with Crippen molar-refractivity contribution in [2.24, 2.45) is 11.3 Å². The summed E-state index contributed by atoms with van der Waals surface area (Å²) in [6, 6.07) is 4.69. The third-order valence-electron chi connectivity index (χ3n) is 3.21. The first-order valence-corrected chi connectivity index (χ1v) is 6.51. The highest BCUT2D eigenvalue weighted by Crippen LogP contribution is 2.39. The van der Waals surface area contributed by atoms with Gasteiger partial charge >= 0.3 is 5.97 Å². The number of aromatic hydroxyl groups is 1. The molecule has 5 heteroatoms. The van der Waals surface area contributed by atoms with E-state index < -0.39 is 11.4 Å². The van der Waals surface area contributed by atoms with E-state index in [1.807, 2.05) is 27.7 Å². The van der Waals surface area contributed by atoms with Crippen LogP contribution < -0.4 is 7.80 Å². The second-order valence-electron chi connectivity index (χ2n) is 4.95. The van der Waals surface area contributed by atoms with Gasteiger partial charge < -0.3 is 12.9 Å². The Morgan fingerprint density at radius 2 is 2.00 bits per heavy atom. The van der Waals surface area contributed by atoms with Crippen LogP contribution in [0.3, 0.4) is 0 Å². The summed E-state index contributed by atoms with van der Waals surface area (Å²) >= 11 is 1.67. The number of hydrogen-bond acceptors (Lipinski definition) is 4. The Morgan fingerprint density at radius 3 is 2.50 bits per heavy atom. The van der Waals surface area contributed by atoms with Crippen molar-refractivity contribution in [3.05, 3.63) is 18.2 Å². The summed E-state index contributed by atoms with van der Waals surface area (Å²) in [4.78, 5) is 12.1. The number of halogens is 1. The molecular formula is C13H17IO4. The zero-order valence-corrected chi connectivity index (χ0v) is 13.0. The van der Waals surface area contributed by atoms with Crippen molar-refractivity contribution < 1.29 is 17.7 Å². The summed E-state index contributed by atoms with van der Waals surface area (Å²) in [7, 11) is 0. The lowest BCUT2D eigenvalue weighted by molar-refractivity contribution is -0.146. The fourth-order valence-corrected chi connectivity index (χ4v) is 1.47. The summed E-state index contributed by atoms with van der Waals surface area (Å²) in [5.41, 5.74) is -0.634. The molecule has 1 rings (SSSR count). The Hall–Kier alpha value is -0.980. The number of carbonyl (C=O) groups is 1. The number of ether oxygens (including phenoxy) is 1. The van der Waals surface area contributed by atoms with Crippen LogP contribution in [0.4, 0.5) is 0 Å². The van der Waals surface area contributed by atoms with Gasteiger partial charge in [0.05, 0.1) is 5.41 Å². The quantitative estimate of drug-likeness (QED) is 0.503. The summed E-state index contributed by atoms with van der Waals surface area (Å²) < 4.78 is 10.3. The predicted molar refractivity (Wildman–Crippen MR) is 77.0 cm³/mol. The molecule has 0 fully saturated rings. The van der Waals surface area contributed by atoms with Gasteiger partial charge in [0.25, 0.3) is 0 Å². The molecule has 0 aliphatic heterocycles. The Kier molecular flexibility index (Phi) is 4.84. The van der Waals surface area contributed by atoms with Crippen LogP contribution in [0.1, 0.15) is 27.7 Å². The third kappa shape index (κ3) is 3.07. The van der Waals surface area contributed by atoms with Crippen molar-refractivity contribution in [3.8, 4) is 17.2 Å². The molecule has 0 radical (unpaired) electrons. The van der Waals surface area contributed by atoms with Crippen LogP contribution in [0.15, 0.2) is 18.2 Å². The van der Waals surface area contributed by atoms with Crippen molar-refractivity contribution in [3.63, 3.8) is 0 Å². The van der Waals surface area contributed by atoms with Gasteiger partial charge in [-0.3, -0.25) is 4.79 Å². The molecule has 1 aromatic rings. The van der Waals surface area contributed by atoms with Gasteiger partial charge in [0.2, 0.25) is 5.75 Å². The van der Waals surface area contributed by atoms with Gasteiger partial charge in [-0.05, 0) is 31.9 Å². The minimum absolute atomic E-state index is 0.0608. The van der Waals surface area contributed by atoms with Crippen molar-refractivity contribution >= 4 is 29.0 Å². The standard InChI is InChI=1S/C13H17IO4/c1-8(2)13(3,4)12(16)17-11-9(15)6-5-7-10(11)18-14/h5-8,15H,1-4H3. The van der Waals surface area contributed by atoms with Crippen molar-refractivity contribution in [2.75, 3.05) is 0 Å². The predicted octanol–water partition coefficient (Wildman–Crippen LogP) is 3.71. The van der Waals surface area contributed by atoms with E-state index in [2.05, 4.69) is 0 Å². The second-order valence-corrected chi connectivity index (χ2v) is 5.39. The highest BCUT2D eigenvalue weighted by atomic mass is 127. The van der Waals surface area contributed by atoms with Gasteiger partial charge in [-0.1, -0.05) is 19.9 Å². The number of esters is 1. The molecule has 0 heterocycles. The molecular weight excluding hydrogens is 347 g/mol. The lowest BCUT2D eigenvalue weighted by atomic mass is 9.81. The fraction of sp³-hybridized carbons (Fsp3) is 0.462. The van der Waals surface area contributed by atoms with Crippen LogP contribution >= 0.6 is 23.0 Å². The van der Waals surface area contributed by atoms with E-state index in [9.17, 15) is 9.90 Å². The zero-order valence-electron chi connectivity index (χ0n) is 10.9. The minimum Gasteiger partial charge on any atom is -0.504 e. The second kappa shape index (κ2) is 5.77. The summed E-state index contributed by atoms with van der Waals surface area (Å²) in [5.74, 6) is -0.000252. The monoisotopic (exact) mass is 364 g/mol. The Bertz CT molecular complexity index is 441. The van der Waals surface area contributed by atoms with E-state index >= 15 is 0 Å². The maximum Gasteiger partial charge on any atom is 0.317 e. The molecule has 0 bridgehead atoms. The largest absolute Gasteiger partial charge is 0.504 e. The molecule has 0 aromatic heterocycles. The van der Waals surface area contributed by atoms with Gasteiger partial charge in [0, 0.05) is 0 Å². The number of rotatable bonds is 4. The van der Waals surface area contributed by atoms with Gasteiger partial charge in [-0.15, -0.1) is 0 Å². The number of phenolic OH excluding ortho intramolecular Hbond substituents is 1. The Labute approximate surface area is 121 Å². The van der Waals surface area contributed by atoms with E-state index in [0.717, 1.165) is 0 Å². The number of benzene rings is 1. The normalized spacial score (nSPS) is 11.4. The van der Waals surface area contributed by atoms with Crippen LogP contribution in [0, 0.1) is 11.3 Å². The SMILES string of the molecule is CC(C)C(C)(C)C(=O)Oc1c(O)cccc1OI. The summed E-state index contributed by atoms with van der Waals surface area (Å²) in [6.07, 6.45) is 0. The fourth-order valence-electron chi connectivity index (χ4n) is 1.13. The first-order chi connectivity index (χ1) is 8.30. The molecule has 0 aliphatic rings. The molecule has 4 nitrogen and oxygen atoms in total. The van der Waals surface area contributed by atoms with Crippen molar-refractivity contribution in [2.45, 2.75) is 27.7 Å². The lowest BCUT2D eigenvalue weighted by Gasteiger charge is -2.26. The topological polar surface area (TPSA) is 55.8 Å². The number of carbonyl (C=O) groups excluding carboxylic acids is 1. The minimum atomic E-state index is -0.634. The first-order valence-electron chi connectivity index (χ1n) is 5.63. The maximum absolute atomic E-state index is 12.1.